The average molecular weight is 476 g/mol. The van der Waals surface area contributed by atoms with Crippen LogP contribution in [-0.2, 0) is 14.8 Å². The molecule has 0 saturated carbocycles. The van der Waals surface area contributed by atoms with Crippen LogP contribution in [0, 0.1) is 11.7 Å². The van der Waals surface area contributed by atoms with Crippen molar-refractivity contribution in [2.45, 2.75) is 17.7 Å². The zero-order chi connectivity index (χ0) is 19.6. The molecule has 1 saturated heterocycles. The molecule has 9 heteroatoms. The first-order valence-electron chi connectivity index (χ1n) is 8.29. The molecule has 0 bridgehead atoms. The van der Waals surface area contributed by atoms with Gasteiger partial charge in [0.25, 0.3) is 0 Å². The molecule has 1 fully saturated rings. The highest BCUT2D eigenvalue weighted by atomic mass is 79.9. The third-order valence-electron chi connectivity index (χ3n) is 4.46. The summed E-state index contributed by atoms with van der Waals surface area (Å²) in [5.74, 6) is -0.934. The highest BCUT2D eigenvalue weighted by molar-refractivity contribution is 9.10. The van der Waals surface area contributed by atoms with E-state index in [1.165, 1.54) is 16.4 Å². The van der Waals surface area contributed by atoms with E-state index in [1.54, 1.807) is 18.2 Å². The SMILES string of the molecule is O=C(Nc1ccc(Br)c(Cl)c1)C1CCN(S(=O)(=O)c2ccc(F)cc2)CC1. The minimum Gasteiger partial charge on any atom is -0.326 e. The van der Waals surface area contributed by atoms with Crippen LogP contribution in [0.25, 0.3) is 0 Å². The van der Waals surface area contributed by atoms with E-state index in [9.17, 15) is 17.6 Å². The largest absolute Gasteiger partial charge is 0.326 e. The van der Waals surface area contributed by atoms with Crippen LogP contribution < -0.4 is 5.32 Å². The van der Waals surface area contributed by atoms with E-state index in [-0.39, 0.29) is 29.8 Å². The molecular weight excluding hydrogens is 459 g/mol. The van der Waals surface area contributed by atoms with Gasteiger partial charge in [0.05, 0.1) is 9.92 Å². The fourth-order valence-corrected chi connectivity index (χ4v) is 4.83. The molecule has 5 nitrogen and oxygen atoms in total. The van der Waals surface area contributed by atoms with Crippen LogP contribution in [0.15, 0.2) is 51.8 Å². The standard InChI is InChI=1S/C18H17BrClFN2O3S/c19-16-6-3-14(11-17(16)20)22-18(24)12-7-9-23(10-8-12)27(25,26)15-4-1-13(21)2-5-15/h1-6,11-12H,7-10H2,(H,22,24). The van der Waals surface area contributed by atoms with Gasteiger partial charge in [-0.25, -0.2) is 12.8 Å². The summed E-state index contributed by atoms with van der Waals surface area (Å²) in [6.07, 6.45) is 0.826. The Bertz CT molecular complexity index is 946. The number of amides is 1. The number of hydrogen-bond donors (Lipinski definition) is 1. The number of sulfonamides is 1. The summed E-state index contributed by atoms with van der Waals surface area (Å²) in [6.45, 7) is 0.470. The summed E-state index contributed by atoms with van der Waals surface area (Å²) in [4.78, 5) is 12.5. The van der Waals surface area contributed by atoms with E-state index in [0.717, 1.165) is 16.6 Å². The van der Waals surface area contributed by atoms with Gasteiger partial charge in [0.1, 0.15) is 5.82 Å². The van der Waals surface area contributed by atoms with Gasteiger partial charge >= 0.3 is 0 Å². The number of benzene rings is 2. The van der Waals surface area contributed by atoms with Gasteiger partial charge in [-0.15, -0.1) is 0 Å². The van der Waals surface area contributed by atoms with Crippen molar-refractivity contribution in [2.24, 2.45) is 5.92 Å². The van der Waals surface area contributed by atoms with Crippen molar-refractivity contribution in [2.75, 3.05) is 18.4 Å². The zero-order valence-corrected chi connectivity index (χ0v) is 17.3. The fourth-order valence-electron chi connectivity index (χ4n) is 2.93. The van der Waals surface area contributed by atoms with Crippen LogP contribution in [0.3, 0.4) is 0 Å². The molecule has 2 aromatic carbocycles. The van der Waals surface area contributed by atoms with Crippen LogP contribution in [0.4, 0.5) is 10.1 Å². The number of nitrogens with one attached hydrogen (secondary N) is 1. The van der Waals surface area contributed by atoms with Gasteiger partial charge in [-0.3, -0.25) is 4.79 Å². The second-order valence-corrected chi connectivity index (χ2v) is 9.45. The van der Waals surface area contributed by atoms with Crippen molar-refractivity contribution in [3.05, 3.63) is 57.8 Å². The molecule has 0 aliphatic carbocycles. The lowest BCUT2D eigenvalue weighted by atomic mass is 9.97. The molecule has 2 aromatic rings. The third kappa shape index (κ3) is 4.68. The molecule has 0 spiro atoms. The number of nitrogens with zero attached hydrogens (tertiary/aromatic N) is 1. The number of rotatable bonds is 4. The highest BCUT2D eigenvalue weighted by Crippen LogP contribution is 2.28. The lowest BCUT2D eigenvalue weighted by Crippen LogP contribution is -2.41. The molecule has 1 N–H and O–H groups in total. The molecule has 0 atom stereocenters. The van der Waals surface area contributed by atoms with E-state index < -0.39 is 15.8 Å². The number of carbonyl (C=O) groups is 1. The Hall–Kier alpha value is -1.48. The Morgan fingerprint density at radius 1 is 1.15 bits per heavy atom. The van der Waals surface area contributed by atoms with Gasteiger partial charge in [-0.1, -0.05) is 11.6 Å². The normalized spacial score (nSPS) is 16.3. The van der Waals surface area contributed by atoms with Crippen molar-refractivity contribution in [3.63, 3.8) is 0 Å². The molecule has 1 amide bonds. The van der Waals surface area contributed by atoms with E-state index in [4.69, 9.17) is 11.6 Å². The first-order chi connectivity index (χ1) is 12.8. The molecule has 0 aromatic heterocycles. The maximum atomic E-state index is 13.0. The van der Waals surface area contributed by atoms with Crippen molar-refractivity contribution < 1.29 is 17.6 Å². The summed E-state index contributed by atoms with van der Waals surface area (Å²) >= 11 is 9.32. The molecule has 1 aliphatic heterocycles. The molecular formula is C18H17BrClFN2O3S. The zero-order valence-electron chi connectivity index (χ0n) is 14.2. The maximum absolute atomic E-state index is 13.0. The van der Waals surface area contributed by atoms with Crippen molar-refractivity contribution in [3.8, 4) is 0 Å². The first-order valence-corrected chi connectivity index (χ1v) is 10.9. The van der Waals surface area contributed by atoms with Gasteiger partial charge < -0.3 is 5.32 Å². The average Bonchev–Trinajstić information content (AvgIpc) is 2.65. The van der Waals surface area contributed by atoms with E-state index in [1.807, 2.05) is 0 Å². The highest BCUT2D eigenvalue weighted by Gasteiger charge is 2.32. The Morgan fingerprint density at radius 3 is 2.37 bits per heavy atom. The Morgan fingerprint density at radius 2 is 1.78 bits per heavy atom. The molecule has 1 aliphatic rings. The summed E-state index contributed by atoms with van der Waals surface area (Å²) < 4.78 is 40.3. The van der Waals surface area contributed by atoms with Gasteiger partial charge in [0.2, 0.25) is 15.9 Å². The van der Waals surface area contributed by atoms with Gasteiger partial charge in [-0.05, 0) is 71.2 Å². The van der Waals surface area contributed by atoms with Crippen molar-refractivity contribution in [1.82, 2.24) is 4.31 Å². The predicted octanol–water partition coefficient (Wildman–Crippen LogP) is 4.28. The smallest absolute Gasteiger partial charge is 0.243 e. The molecule has 27 heavy (non-hydrogen) atoms. The first kappa shape index (κ1) is 20.3. The molecule has 0 radical (unpaired) electrons. The fraction of sp³-hybridized carbons (Fsp3) is 0.278. The van der Waals surface area contributed by atoms with Crippen LogP contribution in [0.2, 0.25) is 5.02 Å². The number of carbonyl (C=O) groups excluding carboxylic acids is 1. The number of anilines is 1. The number of hydrogen-bond acceptors (Lipinski definition) is 3. The minimum absolute atomic E-state index is 0.0521. The van der Waals surface area contributed by atoms with Crippen molar-refractivity contribution >= 4 is 49.1 Å². The van der Waals surface area contributed by atoms with Crippen molar-refractivity contribution in [1.29, 1.82) is 0 Å². The van der Waals surface area contributed by atoms with Gasteiger partial charge in [0.15, 0.2) is 0 Å². The monoisotopic (exact) mass is 474 g/mol. The number of piperidine rings is 1. The molecule has 1 heterocycles. The van der Waals surface area contributed by atoms with Gasteiger partial charge in [-0.2, -0.15) is 4.31 Å². The van der Waals surface area contributed by atoms with E-state index in [0.29, 0.717) is 23.6 Å². The summed E-state index contributed by atoms with van der Waals surface area (Å²) in [7, 11) is -3.68. The molecule has 3 rings (SSSR count). The third-order valence-corrected chi connectivity index (χ3v) is 7.61. The lowest BCUT2D eigenvalue weighted by molar-refractivity contribution is -0.120. The van der Waals surface area contributed by atoms with E-state index >= 15 is 0 Å². The predicted molar refractivity (Wildman–Crippen MR) is 106 cm³/mol. The quantitative estimate of drug-likeness (QED) is 0.718. The maximum Gasteiger partial charge on any atom is 0.243 e. The molecule has 144 valence electrons. The molecule has 0 unspecified atom stereocenters. The van der Waals surface area contributed by atoms with Gasteiger partial charge in [0, 0.05) is 29.2 Å². The van der Waals surface area contributed by atoms with Crippen LogP contribution in [0.1, 0.15) is 12.8 Å². The van der Waals surface area contributed by atoms with Crippen LogP contribution in [0.5, 0.6) is 0 Å². The Kier molecular flexibility index (Phi) is 6.20. The van der Waals surface area contributed by atoms with Crippen LogP contribution >= 0.6 is 27.5 Å². The topological polar surface area (TPSA) is 66.5 Å². The Labute approximate surface area is 170 Å². The summed E-state index contributed by atoms with van der Waals surface area (Å²) in [5, 5.41) is 3.31. The van der Waals surface area contributed by atoms with E-state index in [2.05, 4.69) is 21.2 Å². The second-order valence-electron chi connectivity index (χ2n) is 6.25. The minimum atomic E-state index is -3.68. The summed E-state index contributed by atoms with van der Waals surface area (Å²) in [5.41, 5.74) is 0.592. The Balaban J connectivity index is 1.61. The lowest BCUT2D eigenvalue weighted by Gasteiger charge is -2.30. The number of halogens is 3. The van der Waals surface area contributed by atoms with Crippen LogP contribution in [-0.4, -0.2) is 31.7 Å². The summed E-state index contributed by atoms with van der Waals surface area (Å²) in [6, 6.07) is 9.88. The second kappa shape index (κ2) is 8.26.